The van der Waals surface area contributed by atoms with E-state index in [1.807, 2.05) is 0 Å². The number of nitrogens with one attached hydrogen (secondary N) is 2. The maximum atomic E-state index is 13.3. The second kappa shape index (κ2) is 9.49. The first kappa shape index (κ1) is 24.4. The minimum absolute atomic E-state index is 0.0550. The van der Waals surface area contributed by atoms with E-state index in [0.717, 1.165) is 4.57 Å². The van der Waals surface area contributed by atoms with Gasteiger partial charge in [0.05, 0.1) is 15.8 Å². The average molecular weight is 513 g/mol. The molecule has 4 rings (SSSR count). The minimum Gasteiger partial charge on any atom is -0.324 e. The molecule has 35 heavy (non-hydrogen) atoms. The van der Waals surface area contributed by atoms with Crippen LogP contribution >= 0.6 is 11.6 Å². The van der Waals surface area contributed by atoms with Crippen molar-refractivity contribution in [2.24, 2.45) is 14.1 Å². The fourth-order valence-electron chi connectivity index (χ4n) is 3.63. The Kier molecular flexibility index (Phi) is 6.62. The number of fused-ring (bicyclic) bond motifs is 1. The van der Waals surface area contributed by atoms with E-state index in [-0.39, 0.29) is 15.8 Å². The lowest BCUT2D eigenvalue weighted by Gasteiger charge is -2.19. The van der Waals surface area contributed by atoms with Crippen molar-refractivity contribution in [2.75, 3.05) is 5.32 Å². The van der Waals surface area contributed by atoms with Crippen molar-refractivity contribution >= 4 is 44.1 Å². The zero-order chi connectivity index (χ0) is 25.3. The summed E-state index contributed by atoms with van der Waals surface area (Å²) >= 11 is 5.90. The first-order valence-electron chi connectivity index (χ1n) is 10.4. The third-order valence-electron chi connectivity index (χ3n) is 5.53. The van der Waals surface area contributed by atoms with E-state index in [0.29, 0.717) is 16.3 Å². The fourth-order valence-corrected chi connectivity index (χ4v) is 4.97. The summed E-state index contributed by atoms with van der Waals surface area (Å²) in [5.41, 5.74) is -0.00656. The third kappa shape index (κ3) is 4.90. The molecular formula is C24H21ClN4O5S. The summed E-state index contributed by atoms with van der Waals surface area (Å²) in [5.74, 6) is -0.610. The number of carbonyl (C=O) groups is 1. The van der Waals surface area contributed by atoms with Crippen LogP contribution in [0, 0.1) is 0 Å². The van der Waals surface area contributed by atoms with Gasteiger partial charge in [-0.3, -0.25) is 18.7 Å². The number of hydrogen-bond acceptors (Lipinski definition) is 5. The summed E-state index contributed by atoms with van der Waals surface area (Å²) in [6.45, 7) is 0. The van der Waals surface area contributed by atoms with Crippen molar-refractivity contribution in [3.05, 3.63) is 104 Å². The predicted molar refractivity (Wildman–Crippen MR) is 134 cm³/mol. The minimum atomic E-state index is -4.26. The van der Waals surface area contributed by atoms with Gasteiger partial charge in [-0.2, -0.15) is 4.72 Å². The summed E-state index contributed by atoms with van der Waals surface area (Å²) in [6, 6.07) is 17.4. The van der Waals surface area contributed by atoms with Crippen LogP contribution in [0.15, 0.2) is 87.3 Å². The maximum Gasteiger partial charge on any atom is 0.330 e. The molecule has 180 valence electrons. The van der Waals surface area contributed by atoms with Crippen LogP contribution in [-0.4, -0.2) is 23.5 Å². The number of amides is 1. The Morgan fingerprint density at radius 3 is 2.23 bits per heavy atom. The molecule has 9 nitrogen and oxygen atoms in total. The van der Waals surface area contributed by atoms with Crippen LogP contribution in [0.2, 0.25) is 5.02 Å². The molecule has 0 radical (unpaired) electrons. The number of rotatable bonds is 6. The molecule has 1 atom stereocenters. The Bertz CT molecular complexity index is 1650. The molecule has 0 unspecified atom stereocenters. The Morgan fingerprint density at radius 2 is 1.57 bits per heavy atom. The Hall–Kier alpha value is -3.73. The van der Waals surface area contributed by atoms with E-state index in [1.165, 1.54) is 36.9 Å². The quantitative estimate of drug-likeness (QED) is 0.411. The number of aromatic nitrogens is 2. The SMILES string of the molecule is Cn1c(=O)c2cc(S(=O)(=O)N[C@@H](C(=O)Nc3ccc(Cl)cc3)c3ccccc3)ccc2n(C)c1=O. The van der Waals surface area contributed by atoms with E-state index in [4.69, 9.17) is 11.6 Å². The lowest BCUT2D eigenvalue weighted by molar-refractivity contribution is -0.117. The van der Waals surface area contributed by atoms with E-state index in [2.05, 4.69) is 10.0 Å². The highest BCUT2D eigenvalue weighted by Crippen LogP contribution is 2.22. The summed E-state index contributed by atoms with van der Waals surface area (Å²) in [7, 11) is -1.46. The summed E-state index contributed by atoms with van der Waals surface area (Å²) in [5, 5.41) is 3.23. The molecule has 0 bridgehead atoms. The van der Waals surface area contributed by atoms with Gasteiger partial charge in [0, 0.05) is 24.8 Å². The Balaban J connectivity index is 1.74. The van der Waals surface area contributed by atoms with Crippen molar-refractivity contribution in [1.29, 1.82) is 0 Å². The largest absolute Gasteiger partial charge is 0.330 e. The number of sulfonamides is 1. The van der Waals surface area contributed by atoms with Crippen LogP contribution in [0.25, 0.3) is 10.9 Å². The first-order valence-corrected chi connectivity index (χ1v) is 12.3. The average Bonchev–Trinajstić information content (AvgIpc) is 2.86. The third-order valence-corrected chi connectivity index (χ3v) is 7.20. The fraction of sp³-hybridized carbons (Fsp3) is 0.125. The molecule has 1 heterocycles. The highest BCUT2D eigenvalue weighted by atomic mass is 35.5. The normalized spacial score (nSPS) is 12.4. The number of benzene rings is 3. The number of nitrogens with zero attached hydrogens (tertiary/aromatic N) is 2. The number of hydrogen-bond donors (Lipinski definition) is 2. The molecule has 0 saturated heterocycles. The number of halogens is 1. The zero-order valence-corrected chi connectivity index (χ0v) is 20.3. The van der Waals surface area contributed by atoms with Gasteiger partial charge in [0.1, 0.15) is 6.04 Å². The molecule has 1 amide bonds. The van der Waals surface area contributed by atoms with Crippen LogP contribution in [0.5, 0.6) is 0 Å². The molecule has 4 aromatic rings. The van der Waals surface area contributed by atoms with Crippen LogP contribution in [0.1, 0.15) is 11.6 Å². The molecule has 11 heteroatoms. The molecule has 0 spiro atoms. The summed E-state index contributed by atoms with van der Waals surface area (Å²) in [6.07, 6.45) is 0. The molecule has 1 aromatic heterocycles. The van der Waals surface area contributed by atoms with Crippen LogP contribution < -0.4 is 21.3 Å². The molecule has 3 aromatic carbocycles. The van der Waals surface area contributed by atoms with Crippen LogP contribution in [-0.2, 0) is 28.9 Å². The van der Waals surface area contributed by atoms with E-state index < -0.39 is 33.2 Å². The highest BCUT2D eigenvalue weighted by Gasteiger charge is 2.28. The van der Waals surface area contributed by atoms with Gasteiger partial charge in [0.25, 0.3) is 5.56 Å². The molecule has 0 aliphatic carbocycles. The van der Waals surface area contributed by atoms with Gasteiger partial charge < -0.3 is 5.32 Å². The zero-order valence-electron chi connectivity index (χ0n) is 18.7. The van der Waals surface area contributed by atoms with Crippen molar-refractivity contribution in [2.45, 2.75) is 10.9 Å². The van der Waals surface area contributed by atoms with Crippen molar-refractivity contribution in [1.82, 2.24) is 13.9 Å². The van der Waals surface area contributed by atoms with Gasteiger partial charge in [0.2, 0.25) is 15.9 Å². The monoisotopic (exact) mass is 512 g/mol. The highest BCUT2D eigenvalue weighted by molar-refractivity contribution is 7.89. The second-order valence-corrected chi connectivity index (χ2v) is 10.00. The van der Waals surface area contributed by atoms with Gasteiger partial charge in [-0.25, -0.2) is 13.2 Å². The van der Waals surface area contributed by atoms with Gasteiger partial charge in [-0.1, -0.05) is 41.9 Å². The number of aryl methyl sites for hydroxylation is 1. The molecular weight excluding hydrogens is 492 g/mol. The summed E-state index contributed by atoms with van der Waals surface area (Å²) < 4.78 is 31.2. The van der Waals surface area contributed by atoms with Crippen LogP contribution in [0.3, 0.4) is 0 Å². The molecule has 0 aliphatic rings. The number of anilines is 1. The molecule has 0 saturated carbocycles. The smallest absolute Gasteiger partial charge is 0.324 e. The Morgan fingerprint density at radius 1 is 0.914 bits per heavy atom. The van der Waals surface area contributed by atoms with Gasteiger partial charge in [-0.05, 0) is 48.0 Å². The molecule has 0 fully saturated rings. The van der Waals surface area contributed by atoms with Gasteiger partial charge in [0.15, 0.2) is 0 Å². The first-order chi connectivity index (χ1) is 16.6. The predicted octanol–water partition coefficient (Wildman–Crippen LogP) is 2.55. The lowest BCUT2D eigenvalue weighted by Crippen LogP contribution is -2.38. The molecule has 0 aliphatic heterocycles. The standard InChI is InChI=1S/C24H21ClN4O5S/c1-28-20-13-12-18(14-19(20)23(31)29(2)24(28)32)35(33,34)27-21(15-6-4-3-5-7-15)22(30)26-17-10-8-16(25)9-11-17/h3-14,21,27H,1-2H3,(H,26,30)/t21-/m1/s1. The van der Waals surface area contributed by atoms with E-state index >= 15 is 0 Å². The Labute approximate surface area is 205 Å². The summed E-state index contributed by atoms with van der Waals surface area (Å²) in [4.78, 5) is 37.7. The molecule has 2 N–H and O–H groups in total. The maximum absolute atomic E-state index is 13.3. The van der Waals surface area contributed by atoms with Crippen molar-refractivity contribution in [3.63, 3.8) is 0 Å². The van der Waals surface area contributed by atoms with E-state index in [1.54, 1.807) is 54.6 Å². The van der Waals surface area contributed by atoms with Crippen LogP contribution in [0.4, 0.5) is 5.69 Å². The van der Waals surface area contributed by atoms with Gasteiger partial charge >= 0.3 is 5.69 Å². The topological polar surface area (TPSA) is 119 Å². The number of carbonyl (C=O) groups excluding carboxylic acids is 1. The van der Waals surface area contributed by atoms with Crippen molar-refractivity contribution < 1.29 is 13.2 Å². The van der Waals surface area contributed by atoms with Crippen molar-refractivity contribution in [3.8, 4) is 0 Å². The van der Waals surface area contributed by atoms with E-state index in [9.17, 15) is 22.8 Å². The van der Waals surface area contributed by atoms with Gasteiger partial charge in [-0.15, -0.1) is 0 Å². The second-order valence-electron chi connectivity index (χ2n) is 7.85. The lowest BCUT2D eigenvalue weighted by atomic mass is 10.1.